The second-order valence-corrected chi connectivity index (χ2v) is 7.19. The zero-order chi connectivity index (χ0) is 19.9. The third-order valence-electron chi connectivity index (χ3n) is 5.00. The Morgan fingerprint density at radius 3 is 2.68 bits per heavy atom. The first-order valence-corrected chi connectivity index (χ1v) is 9.03. The number of hydrogen-bond acceptors (Lipinski definition) is 6. The van der Waals surface area contributed by atoms with Gasteiger partial charge in [0.1, 0.15) is 16.9 Å². The number of piperidine rings is 1. The zero-order valence-electron chi connectivity index (χ0n) is 15.5. The van der Waals surface area contributed by atoms with Crippen LogP contribution in [0.4, 0.5) is 19.0 Å². The van der Waals surface area contributed by atoms with Crippen molar-refractivity contribution in [2.45, 2.75) is 32.0 Å². The molecule has 0 unspecified atom stereocenters. The number of fused-ring (bicyclic) bond motifs is 1. The normalized spacial score (nSPS) is 18.5. The van der Waals surface area contributed by atoms with Crippen molar-refractivity contribution in [2.75, 3.05) is 25.5 Å². The van der Waals surface area contributed by atoms with Crippen molar-refractivity contribution < 1.29 is 13.2 Å². The zero-order valence-corrected chi connectivity index (χ0v) is 15.5. The van der Waals surface area contributed by atoms with Gasteiger partial charge in [-0.15, -0.1) is 10.2 Å². The number of nitrogens with one attached hydrogen (secondary N) is 2. The minimum atomic E-state index is -4.50. The molecule has 1 saturated heterocycles. The van der Waals surface area contributed by atoms with Gasteiger partial charge in [0.15, 0.2) is 0 Å². The maximum atomic E-state index is 13.2. The quantitative estimate of drug-likeness (QED) is 0.713. The standard InChI is InChI=1S/C18H20F3N7/c1-10-8-14(22-11-4-3-7-28(2)9-11)23-24-15(10)12-5-6-13(18(19,20)21)17-16(12)25-27-26-17/h5-6,8,11H,3-4,7,9H2,1-2H3,(H,22,23)(H,25,26,27)/t11-/m1/s1. The van der Waals surface area contributed by atoms with E-state index in [1.807, 2.05) is 13.0 Å². The lowest BCUT2D eigenvalue weighted by Crippen LogP contribution is -2.39. The summed E-state index contributed by atoms with van der Waals surface area (Å²) in [5.41, 5.74) is 0.821. The van der Waals surface area contributed by atoms with Crippen LogP contribution in [-0.4, -0.2) is 56.7 Å². The van der Waals surface area contributed by atoms with Crippen LogP contribution in [0.5, 0.6) is 0 Å². The van der Waals surface area contributed by atoms with Gasteiger partial charge in [0.25, 0.3) is 0 Å². The summed E-state index contributed by atoms with van der Waals surface area (Å²) < 4.78 is 39.6. The van der Waals surface area contributed by atoms with Gasteiger partial charge in [0.05, 0.1) is 11.3 Å². The molecule has 7 nitrogen and oxygen atoms in total. The SMILES string of the molecule is Cc1cc(N[C@@H]2CCCN(C)C2)nnc1-c1ccc(C(F)(F)F)c2n[nH]nc12. The molecule has 1 aliphatic rings. The Bertz CT molecular complexity index is 998. The van der Waals surface area contributed by atoms with Crippen molar-refractivity contribution in [3.8, 4) is 11.3 Å². The average Bonchev–Trinajstić information content (AvgIpc) is 3.10. The van der Waals surface area contributed by atoms with Crippen LogP contribution >= 0.6 is 0 Å². The van der Waals surface area contributed by atoms with Gasteiger partial charge in [-0.3, -0.25) is 0 Å². The number of halogens is 3. The molecule has 0 bridgehead atoms. The van der Waals surface area contributed by atoms with E-state index < -0.39 is 11.7 Å². The van der Waals surface area contributed by atoms with Crippen molar-refractivity contribution in [1.29, 1.82) is 0 Å². The van der Waals surface area contributed by atoms with Gasteiger partial charge in [-0.2, -0.15) is 28.6 Å². The summed E-state index contributed by atoms with van der Waals surface area (Å²) in [6.07, 6.45) is -2.32. The Morgan fingerprint density at radius 2 is 1.96 bits per heavy atom. The fourth-order valence-corrected chi connectivity index (χ4v) is 3.67. The Kier molecular flexibility index (Phi) is 4.66. The molecule has 0 aliphatic carbocycles. The minimum absolute atomic E-state index is 0.127. The van der Waals surface area contributed by atoms with Crippen LogP contribution in [0.3, 0.4) is 0 Å². The summed E-state index contributed by atoms with van der Waals surface area (Å²) in [5, 5.41) is 21.8. The Balaban J connectivity index is 1.66. The molecule has 3 aromatic rings. The predicted molar refractivity (Wildman–Crippen MR) is 98.8 cm³/mol. The molecule has 10 heteroatoms. The highest BCUT2D eigenvalue weighted by atomic mass is 19.4. The molecule has 0 radical (unpaired) electrons. The van der Waals surface area contributed by atoms with Crippen LogP contribution in [-0.2, 0) is 6.18 Å². The Labute approximate surface area is 159 Å². The number of likely N-dealkylation sites (N-methyl/N-ethyl adjacent to an activating group) is 1. The van der Waals surface area contributed by atoms with Gasteiger partial charge in [-0.1, -0.05) is 0 Å². The largest absolute Gasteiger partial charge is 0.418 e. The van der Waals surface area contributed by atoms with Crippen LogP contribution in [0.1, 0.15) is 24.0 Å². The van der Waals surface area contributed by atoms with E-state index in [4.69, 9.17) is 0 Å². The number of hydrogen-bond donors (Lipinski definition) is 2. The number of aromatic amines is 1. The fraction of sp³-hybridized carbons (Fsp3) is 0.444. The lowest BCUT2D eigenvalue weighted by molar-refractivity contribution is -0.136. The topological polar surface area (TPSA) is 82.6 Å². The number of aryl methyl sites for hydroxylation is 1. The van der Waals surface area contributed by atoms with Gasteiger partial charge in [-0.25, -0.2) is 0 Å². The predicted octanol–water partition coefficient (Wildman–Crippen LogP) is 3.25. The van der Waals surface area contributed by atoms with Crippen LogP contribution in [0, 0.1) is 6.92 Å². The lowest BCUT2D eigenvalue weighted by atomic mass is 10.0. The van der Waals surface area contributed by atoms with Crippen molar-refractivity contribution in [1.82, 2.24) is 30.5 Å². The molecule has 0 saturated carbocycles. The summed E-state index contributed by atoms with van der Waals surface area (Å²) in [6, 6.07) is 4.53. The van der Waals surface area contributed by atoms with Gasteiger partial charge in [-0.05, 0) is 57.1 Å². The van der Waals surface area contributed by atoms with Crippen molar-refractivity contribution >= 4 is 16.9 Å². The monoisotopic (exact) mass is 391 g/mol. The lowest BCUT2D eigenvalue weighted by Gasteiger charge is -2.30. The highest BCUT2D eigenvalue weighted by Crippen LogP contribution is 2.37. The molecule has 148 valence electrons. The molecule has 2 aromatic heterocycles. The van der Waals surface area contributed by atoms with E-state index in [1.165, 1.54) is 6.07 Å². The molecular weight excluding hydrogens is 371 g/mol. The molecule has 4 rings (SSSR count). The maximum Gasteiger partial charge on any atom is 0.418 e. The highest BCUT2D eigenvalue weighted by molar-refractivity contribution is 5.93. The van der Waals surface area contributed by atoms with Crippen molar-refractivity contribution in [3.05, 3.63) is 29.3 Å². The van der Waals surface area contributed by atoms with E-state index in [1.54, 1.807) is 0 Å². The van der Waals surface area contributed by atoms with E-state index in [2.05, 4.69) is 42.9 Å². The first-order chi connectivity index (χ1) is 13.3. The molecular formula is C18H20F3N7. The molecule has 0 spiro atoms. The van der Waals surface area contributed by atoms with Crippen molar-refractivity contribution in [3.63, 3.8) is 0 Å². The number of benzene rings is 1. The van der Waals surface area contributed by atoms with E-state index in [0.29, 0.717) is 23.1 Å². The van der Waals surface area contributed by atoms with Crippen LogP contribution < -0.4 is 5.32 Å². The molecule has 2 N–H and O–H groups in total. The Hall–Kier alpha value is -2.75. The summed E-state index contributed by atoms with van der Waals surface area (Å²) in [4.78, 5) is 2.26. The number of alkyl halides is 3. The second-order valence-electron chi connectivity index (χ2n) is 7.19. The Morgan fingerprint density at radius 1 is 1.18 bits per heavy atom. The summed E-state index contributed by atoms with van der Waals surface area (Å²) >= 11 is 0. The van der Waals surface area contributed by atoms with Gasteiger partial charge >= 0.3 is 6.18 Å². The number of nitrogens with zero attached hydrogens (tertiary/aromatic N) is 5. The summed E-state index contributed by atoms with van der Waals surface area (Å²) in [6.45, 7) is 3.87. The number of aromatic nitrogens is 5. The van der Waals surface area contributed by atoms with E-state index >= 15 is 0 Å². The molecule has 1 atom stereocenters. The third-order valence-corrected chi connectivity index (χ3v) is 5.00. The van der Waals surface area contributed by atoms with Gasteiger partial charge in [0, 0.05) is 18.2 Å². The van der Waals surface area contributed by atoms with E-state index in [-0.39, 0.29) is 11.0 Å². The van der Waals surface area contributed by atoms with Crippen LogP contribution in [0.2, 0.25) is 0 Å². The first kappa shape index (κ1) is 18.6. The number of anilines is 1. The highest BCUT2D eigenvalue weighted by Gasteiger charge is 2.34. The summed E-state index contributed by atoms with van der Waals surface area (Å²) in [7, 11) is 2.08. The fourth-order valence-electron chi connectivity index (χ4n) is 3.67. The molecule has 28 heavy (non-hydrogen) atoms. The summed E-state index contributed by atoms with van der Waals surface area (Å²) in [5.74, 6) is 0.657. The third kappa shape index (κ3) is 3.51. The van der Waals surface area contributed by atoms with E-state index in [9.17, 15) is 13.2 Å². The van der Waals surface area contributed by atoms with Gasteiger partial charge in [0.2, 0.25) is 0 Å². The average molecular weight is 391 g/mol. The molecule has 1 fully saturated rings. The number of likely N-dealkylation sites (tertiary alicyclic amines) is 1. The first-order valence-electron chi connectivity index (χ1n) is 9.03. The molecule has 1 aliphatic heterocycles. The van der Waals surface area contributed by atoms with Crippen molar-refractivity contribution in [2.24, 2.45) is 0 Å². The molecule has 0 amide bonds. The smallest absolute Gasteiger partial charge is 0.365 e. The number of rotatable bonds is 3. The van der Waals surface area contributed by atoms with Crippen LogP contribution in [0.15, 0.2) is 18.2 Å². The molecule has 3 heterocycles. The van der Waals surface area contributed by atoms with E-state index in [0.717, 1.165) is 37.6 Å². The number of H-pyrrole nitrogens is 1. The van der Waals surface area contributed by atoms with Crippen LogP contribution in [0.25, 0.3) is 22.3 Å². The minimum Gasteiger partial charge on any atom is -0.365 e. The maximum absolute atomic E-state index is 13.2. The second kappa shape index (κ2) is 7.01. The molecule has 1 aromatic carbocycles. The van der Waals surface area contributed by atoms with Gasteiger partial charge < -0.3 is 10.2 Å².